The molecule has 9 heteroatoms. The van der Waals surface area contributed by atoms with Crippen LogP contribution in [0.5, 0.6) is 5.75 Å². The maximum Gasteiger partial charge on any atom is 0.338 e. The van der Waals surface area contributed by atoms with Crippen molar-refractivity contribution in [2.24, 2.45) is 4.99 Å². The number of hydrogen-bond donors (Lipinski definition) is 0. The number of methoxy groups -OCH3 is 1. The first-order valence-corrected chi connectivity index (χ1v) is 14.9. The largest absolute Gasteiger partial charge is 0.495 e. The van der Waals surface area contributed by atoms with Crippen LogP contribution in [0.25, 0.3) is 6.08 Å². The molecule has 0 aliphatic carbocycles. The van der Waals surface area contributed by atoms with Gasteiger partial charge in [0.1, 0.15) is 5.75 Å². The molecule has 0 unspecified atom stereocenters. The van der Waals surface area contributed by atoms with E-state index in [2.05, 4.69) is 57.8 Å². The van der Waals surface area contributed by atoms with Crippen LogP contribution in [0.3, 0.4) is 0 Å². The zero-order valence-corrected chi connectivity index (χ0v) is 26.0. The van der Waals surface area contributed by atoms with Gasteiger partial charge in [-0.1, -0.05) is 78.7 Å². The summed E-state index contributed by atoms with van der Waals surface area (Å²) in [4.78, 5) is 32.7. The molecule has 1 atom stereocenters. The van der Waals surface area contributed by atoms with E-state index in [1.54, 1.807) is 18.6 Å². The van der Waals surface area contributed by atoms with E-state index in [9.17, 15) is 9.59 Å². The maximum absolute atomic E-state index is 14.0. The summed E-state index contributed by atoms with van der Waals surface area (Å²) < 4.78 is 14.8. The van der Waals surface area contributed by atoms with E-state index in [1.807, 2.05) is 37.3 Å². The summed E-state index contributed by atoms with van der Waals surface area (Å²) in [5.41, 5.74) is 3.64. The first-order chi connectivity index (χ1) is 18.2. The van der Waals surface area contributed by atoms with Crippen molar-refractivity contribution in [2.75, 3.05) is 13.7 Å². The number of allylic oxidation sites excluding steroid dienone is 1. The van der Waals surface area contributed by atoms with Crippen molar-refractivity contribution in [2.45, 2.75) is 52.5 Å². The predicted molar refractivity (Wildman–Crippen MR) is 159 cm³/mol. The highest BCUT2D eigenvalue weighted by atomic mass is 79.9. The molecule has 38 heavy (non-hydrogen) atoms. The fourth-order valence-corrected chi connectivity index (χ4v) is 6.97. The molecule has 0 amide bonds. The molecule has 6 nitrogen and oxygen atoms in total. The van der Waals surface area contributed by atoms with Gasteiger partial charge in [-0.15, -0.1) is 0 Å². The Morgan fingerprint density at radius 3 is 2.50 bits per heavy atom. The SMILES string of the molecule is CCCC1=C(C(=O)OCC)[C@@H](c2ccc(C(C)C)cc2)n2c(s/c(=C\c3cc(Br)cc(Br)c3OC)c2=O)=N1. The Bertz CT molecular complexity index is 1570. The van der Waals surface area contributed by atoms with Crippen LogP contribution in [0.2, 0.25) is 0 Å². The van der Waals surface area contributed by atoms with E-state index < -0.39 is 12.0 Å². The quantitative estimate of drug-likeness (QED) is 0.268. The number of aromatic nitrogens is 1. The summed E-state index contributed by atoms with van der Waals surface area (Å²) >= 11 is 8.36. The number of thiazole rings is 1. The Morgan fingerprint density at radius 1 is 1.18 bits per heavy atom. The lowest BCUT2D eigenvalue weighted by atomic mass is 9.92. The molecule has 2 heterocycles. The third-order valence-corrected chi connectivity index (χ3v) is 8.37. The lowest BCUT2D eigenvalue weighted by molar-refractivity contribution is -0.139. The standard InChI is InChI=1S/C29H30Br2N2O4S/c1-6-8-22-24(28(35)37-7-2)25(18-11-9-17(10-12-18)16(3)4)33-27(34)23(38-29(33)32-22)14-19-13-20(30)15-21(31)26(19)36-5/h9-16,25H,6-8H2,1-5H3/b23-14-/t25-/m1/s1. The van der Waals surface area contributed by atoms with Gasteiger partial charge in [-0.2, -0.15) is 0 Å². The smallest absolute Gasteiger partial charge is 0.338 e. The van der Waals surface area contributed by atoms with Crippen LogP contribution in [0.15, 0.2) is 66.4 Å². The van der Waals surface area contributed by atoms with E-state index >= 15 is 0 Å². The molecule has 0 fully saturated rings. The van der Waals surface area contributed by atoms with Crippen LogP contribution in [-0.4, -0.2) is 24.3 Å². The molecule has 0 radical (unpaired) electrons. The average molecular weight is 662 g/mol. The van der Waals surface area contributed by atoms with Crippen molar-refractivity contribution in [3.63, 3.8) is 0 Å². The second-order valence-corrected chi connectivity index (χ2v) is 12.0. The Labute approximate surface area is 243 Å². The molecule has 4 rings (SSSR count). The lowest BCUT2D eigenvalue weighted by Gasteiger charge is -2.26. The minimum absolute atomic E-state index is 0.220. The van der Waals surface area contributed by atoms with Gasteiger partial charge in [-0.05, 0) is 64.5 Å². The summed E-state index contributed by atoms with van der Waals surface area (Å²) in [5.74, 6) is 0.546. The number of esters is 1. The number of fused-ring (bicyclic) bond motifs is 1. The zero-order valence-electron chi connectivity index (χ0n) is 22.0. The number of ether oxygens (including phenoxy) is 2. The van der Waals surface area contributed by atoms with E-state index in [0.717, 1.165) is 26.5 Å². The monoisotopic (exact) mass is 660 g/mol. The first kappa shape index (κ1) is 28.5. The van der Waals surface area contributed by atoms with Crippen LogP contribution in [0, 0.1) is 0 Å². The Morgan fingerprint density at radius 2 is 1.89 bits per heavy atom. The normalized spacial score (nSPS) is 15.5. The van der Waals surface area contributed by atoms with Gasteiger partial charge in [0.05, 0.1) is 40.0 Å². The van der Waals surface area contributed by atoms with Gasteiger partial charge >= 0.3 is 5.97 Å². The summed E-state index contributed by atoms with van der Waals surface area (Å²) in [6.07, 6.45) is 3.22. The molecule has 1 aliphatic heterocycles. The van der Waals surface area contributed by atoms with Gasteiger partial charge < -0.3 is 9.47 Å². The van der Waals surface area contributed by atoms with Crippen LogP contribution in [0.1, 0.15) is 69.2 Å². The van der Waals surface area contributed by atoms with Crippen LogP contribution in [0.4, 0.5) is 0 Å². The molecule has 0 N–H and O–H groups in total. The number of hydrogen-bond acceptors (Lipinski definition) is 6. The Hall–Kier alpha value is -2.49. The molecule has 1 aromatic heterocycles. The van der Waals surface area contributed by atoms with Gasteiger partial charge in [0.25, 0.3) is 5.56 Å². The highest BCUT2D eigenvalue weighted by Crippen LogP contribution is 2.34. The molecule has 0 saturated carbocycles. The Balaban J connectivity index is 2.01. The third kappa shape index (κ3) is 5.60. The number of carbonyl (C=O) groups excluding carboxylic acids is 1. The minimum Gasteiger partial charge on any atom is -0.495 e. The molecular formula is C29H30Br2N2O4S. The van der Waals surface area contributed by atoms with Crippen molar-refractivity contribution in [3.8, 4) is 5.75 Å². The second-order valence-electron chi connectivity index (χ2n) is 9.25. The predicted octanol–water partition coefficient (Wildman–Crippen LogP) is 6.24. The van der Waals surface area contributed by atoms with Crippen molar-refractivity contribution in [1.82, 2.24) is 4.57 Å². The average Bonchev–Trinajstić information content (AvgIpc) is 3.17. The molecule has 0 bridgehead atoms. The minimum atomic E-state index is -0.633. The number of nitrogens with zero attached hydrogens (tertiary/aromatic N) is 2. The maximum atomic E-state index is 14.0. The Kier molecular flexibility index (Phi) is 9.11. The molecule has 0 spiro atoms. The number of halogens is 2. The van der Waals surface area contributed by atoms with Crippen molar-refractivity contribution >= 4 is 55.2 Å². The van der Waals surface area contributed by atoms with Crippen molar-refractivity contribution in [3.05, 3.63) is 93.0 Å². The zero-order chi connectivity index (χ0) is 27.6. The fourth-order valence-electron chi connectivity index (χ4n) is 4.54. The number of rotatable bonds is 8. The highest BCUT2D eigenvalue weighted by molar-refractivity contribution is 9.11. The van der Waals surface area contributed by atoms with Crippen LogP contribution in [-0.2, 0) is 9.53 Å². The topological polar surface area (TPSA) is 69.9 Å². The summed E-state index contributed by atoms with van der Waals surface area (Å²) in [6.45, 7) is 8.34. The molecule has 200 valence electrons. The third-order valence-electron chi connectivity index (χ3n) is 6.34. The fraction of sp³-hybridized carbons (Fsp3) is 0.345. The number of carbonyl (C=O) groups is 1. The number of benzene rings is 2. The molecule has 2 aromatic carbocycles. The summed E-state index contributed by atoms with van der Waals surface area (Å²) in [6, 6.07) is 11.3. The summed E-state index contributed by atoms with van der Waals surface area (Å²) in [5, 5.41) is 0. The van der Waals surface area contributed by atoms with Crippen LogP contribution < -0.4 is 19.6 Å². The molecule has 3 aromatic rings. The second kappa shape index (κ2) is 12.1. The van der Waals surface area contributed by atoms with Crippen molar-refractivity contribution in [1.29, 1.82) is 0 Å². The van der Waals surface area contributed by atoms with E-state index in [0.29, 0.717) is 38.7 Å². The van der Waals surface area contributed by atoms with E-state index in [-0.39, 0.29) is 12.2 Å². The molecule has 0 saturated heterocycles. The van der Waals surface area contributed by atoms with E-state index in [1.165, 1.54) is 16.9 Å². The van der Waals surface area contributed by atoms with Crippen LogP contribution >= 0.6 is 43.2 Å². The highest BCUT2D eigenvalue weighted by Gasteiger charge is 2.34. The van der Waals surface area contributed by atoms with Crippen molar-refractivity contribution < 1.29 is 14.3 Å². The van der Waals surface area contributed by atoms with Gasteiger partial charge in [-0.25, -0.2) is 9.79 Å². The molecule has 1 aliphatic rings. The van der Waals surface area contributed by atoms with Gasteiger partial charge in [0, 0.05) is 10.0 Å². The van der Waals surface area contributed by atoms with Gasteiger partial charge in [0.2, 0.25) is 0 Å². The first-order valence-electron chi connectivity index (χ1n) is 12.5. The van der Waals surface area contributed by atoms with Gasteiger partial charge in [-0.3, -0.25) is 9.36 Å². The van der Waals surface area contributed by atoms with Gasteiger partial charge in [0.15, 0.2) is 4.80 Å². The summed E-state index contributed by atoms with van der Waals surface area (Å²) in [7, 11) is 1.59. The lowest BCUT2D eigenvalue weighted by Crippen LogP contribution is -2.40. The molecular weight excluding hydrogens is 632 g/mol. The van der Waals surface area contributed by atoms with E-state index in [4.69, 9.17) is 14.5 Å².